The first kappa shape index (κ1) is 23.1. The predicted molar refractivity (Wildman–Crippen MR) is 123 cm³/mol. The summed E-state index contributed by atoms with van der Waals surface area (Å²) in [5.74, 6) is -0.122. The molecule has 1 amide bonds. The van der Waals surface area contributed by atoms with Crippen LogP contribution in [0, 0.1) is 3.57 Å². The molecule has 13 heteroatoms. The van der Waals surface area contributed by atoms with Crippen LogP contribution in [0.1, 0.15) is 18.7 Å². The lowest BCUT2D eigenvalue weighted by Crippen LogP contribution is -2.48. The highest BCUT2D eigenvalue weighted by Crippen LogP contribution is 2.33. The Morgan fingerprint density at radius 2 is 2.12 bits per heavy atom. The van der Waals surface area contributed by atoms with Crippen molar-refractivity contribution in [2.45, 2.75) is 44.2 Å². The number of carbonyl (C=O) groups is 1. The third-order valence-electron chi connectivity index (χ3n) is 4.95. The molecule has 32 heavy (non-hydrogen) atoms. The van der Waals surface area contributed by atoms with Crippen molar-refractivity contribution in [2.75, 3.05) is 5.32 Å². The lowest BCUT2D eigenvalue weighted by molar-refractivity contribution is -0.130. The van der Waals surface area contributed by atoms with Crippen molar-refractivity contribution >= 4 is 57.1 Å². The van der Waals surface area contributed by atoms with Gasteiger partial charge in [0.1, 0.15) is 18.3 Å². The van der Waals surface area contributed by atoms with E-state index in [9.17, 15) is 20.1 Å². The van der Waals surface area contributed by atoms with E-state index < -0.39 is 36.7 Å². The lowest BCUT2D eigenvalue weighted by atomic mass is 10.1. The van der Waals surface area contributed by atoms with E-state index in [1.54, 1.807) is 0 Å². The molecule has 1 fully saturated rings. The number of imidazole rings is 1. The van der Waals surface area contributed by atoms with Crippen LogP contribution in [0.15, 0.2) is 30.6 Å². The molecule has 11 nitrogen and oxygen atoms in total. The zero-order valence-electron chi connectivity index (χ0n) is 16.7. The number of aliphatic hydroxyl groups excluding tert-OH is 3. The van der Waals surface area contributed by atoms with Gasteiger partial charge < -0.3 is 30.7 Å². The second kappa shape index (κ2) is 9.41. The maximum atomic E-state index is 11.2. The Kier molecular flexibility index (Phi) is 6.78. The van der Waals surface area contributed by atoms with Gasteiger partial charge in [-0.25, -0.2) is 4.98 Å². The Labute approximate surface area is 200 Å². The van der Waals surface area contributed by atoms with Crippen molar-refractivity contribution in [1.29, 1.82) is 0 Å². The molecular formula is C19H20ClIN6O5. The van der Waals surface area contributed by atoms with Gasteiger partial charge in [0, 0.05) is 17.0 Å². The zero-order chi connectivity index (χ0) is 23.0. The molecule has 1 aromatic carbocycles. The number of ether oxygens (including phenoxy) is 1. The maximum absolute atomic E-state index is 11.2. The molecule has 5 N–H and O–H groups in total. The molecule has 1 saturated heterocycles. The van der Waals surface area contributed by atoms with Gasteiger partial charge in [0.25, 0.3) is 0 Å². The van der Waals surface area contributed by atoms with Gasteiger partial charge in [-0.3, -0.25) is 9.36 Å². The summed E-state index contributed by atoms with van der Waals surface area (Å²) in [5.41, 5.74) is 1.68. The minimum absolute atomic E-state index is 0.0488. The third-order valence-corrected chi connectivity index (χ3v) is 5.79. The normalized spacial score (nSPS) is 23.9. The Morgan fingerprint density at radius 3 is 2.84 bits per heavy atom. The largest absolute Gasteiger partial charge is 0.387 e. The van der Waals surface area contributed by atoms with E-state index >= 15 is 0 Å². The summed E-state index contributed by atoms with van der Waals surface area (Å²) in [4.78, 5) is 23.9. The van der Waals surface area contributed by atoms with Gasteiger partial charge in [-0.1, -0.05) is 12.1 Å². The minimum atomic E-state index is -1.51. The van der Waals surface area contributed by atoms with E-state index in [2.05, 4.69) is 48.2 Å². The smallest absolute Gasteiger partial charge is 0.226 e. The SMILES string of the molecule is CC(=O)NC(O)[C@H]1O[C@@H](n2cnc3c(NCc4cccc(I)c4)nc(Cl)nc32)[C@H](O)[C@@H]1O. The molecule has 3 heterocycles. The molecular weight excluding hydrogens is 555 g/mol. The molecule has 0 radical (unpaired) electrons. The number of rotatable bonds is 6. The van der Waals surface area contributed by atoms with Crippen LogP contribution in [0.3, 0.4) is 0 Å². The summed E-state index contributed by atoms with van der Waals surface area (Å²) >= 11 is 8.35. The number of fused-ring (bicyclic) bond motifs is 1. The Bertz CT molecular complexity index is 1150. The average molecular weight is 575 g/mol. The van der Waals surface area contributed by atoms with Crippen molar-refractivity contribution in [2.24, 2.45) is 0 Å². The molecule has 5 atom stereocenters. The standard InChI is InChI=1S/C19H20ClIN6O5/c1-8(28)24-17(31)14-12(29)13(30)18(32-14)27-7-23-11-15(25-19(20)26-16(11)27)22-6-9-3-2-4-10(21)5-9/h2-5,7,12-14,17-18,29-31H,6H2,1H3,(H,24,28)(H,22,25,26)/t12-,13+,14-,17?,18+/m0/s1. The van der Waals surface area contributed by atoms with Crippen LogP contribution in [-0.2, 0) is 16.1 Å². The monoisotopic (exact) mass is 574 g/mol. The van der Waals surface area contributed by atoms with Crippen LogP contribution in [0.4, 0.5) is 5.82 Å². The predicted octanol–water partition coefficient (Wildman–Crippen LogP) is 0.770. The molecule has 0 spiro atoms. The maximum Gasteiger partial charge on any atom is 0.226 e. The van der Waals surface area contributed by atoms with Crippen LogP contribution < -0.4 is 10.6 Å². The molecule has 1 aliphatic heterocycles. The zero-order valence-corrected chi connectivity index (χ0v) is 19.6. The van der Waals surface area contributed by atoms with E-state index in [0.717, 1.165) is 9.13 Å². The van der Waals surface area contributed by atoms with Crippen molar-refractivity contribution in [3.63, 3.8) is 0 Å². The fraction of sp³-hybridized carbons (Fsp3) is 0.368. The number of amides is 1. The van der Waals surface area contributed by atoms with E-state index in [0.29, 0.717) is 17.9 Å². The minimum Gasteiger partial charge on any atom is -0.387 e. The highest BCUT2D eigenvalue weighted by atomic mass is 127. The molecule has 2 aromatic heterocycles. The van der Waals surface area contributed by atoms with Crippen molar-refractivity contribution < 1.29 is 24.9 Å². The Hall–Kier alpha value is -2.10. The summed E-state index contributed by atoms with van der Waals surface area (Å²) in [6, 6.07) is 7.93. The van der Waals surface area contributed by atoms with Crippen molar-refractivity contribution in [3.8, 4) is 0 Å². The van der Waals surface area contributed by atoms with Gasteiger partial charge in [-0.05, 0) is 51.9 Å². The second-order valence-electron chi connectivity index (χ2n) is 7.27. The van der Waals surface area contributed by atoms with Gasteiger partial charge in [0.2, 0.25) is 11.2 Å². The summed E-state index contributed by atoms with van der Waals surface area (Å²) in [6.45, 7) is 1.68. The fourth-order valence-electron chi connectivity index (χ4n) is 3.50. The van der Waals surface area contributed by atoms with Crippen molar-refractivity contribution in [1.82, 2.24) is 24.8 Å². The number of nitrogens with zero attached hydrogens (tertiary/aromatic N) is 4. The molecule has 0 aliphatic carbocycles. The van der Waals surface area contributed by atoms with E-state index in [4.69, 9.17) is 16.3 Å². The number of benzene rings is 1. The number of aromatic nitrogens is 4. The quantitative estimate of drug-likeness (QED) is 0.163. The first-order valence-electron chi connectivity index (χ1n) is 9.59. The molecule has 3 aromatic rings. The second-order valence-corrected chi connectivity index (χ2v) is 8.85. The first-order valence-corrected chi connectivity index (χ1v) is 11.1. The Balaban J connectivity index is 1.61. The van der Waals surface area contributed by atoms with Gasteiger partial charge in [-0.15, -0.1) is 0 Å². The summed E-state index contributed by atoms with van der Waals surface area (Å²) in [5, 5.41) is 36.3. The van der Waals surface area contributed by atoms with E-state index in [1.165, 1.54) is 17.8 Å². The van der Waals surface area contributed by atoms with Crippen LogP contribution in [0.25, 0.3) is 11.2 Å². The Morgan fingerprint density at radius 1 is 1.34 bits per heavy atom. The van der Waals surface area contributed by atoms with Crippen molar-refractivity contribution in [3.05, 3.63) is 45.0 Å². The number of aliphatic hydroxyl groups is 3. The van der Waals surface area contributed by atoms with Gasteiger partial charge >= 0.3 is 0 Å². The summed E-state index contributed by atoms with van der Waals surface area (Å²) in [6.07, 6.45) is -5.40. The summed E-state index contributed by atoms with van der Waals surface area (Å²) < 4.78 is 8.15. The number of hydrogen-bond donors (Lipinski definition) is 5. The van der Waals surface area contributed by atoms with Gasteiger partial charge in [0.05, 0.1) is 6.33 Å². The number of hydrogen-bond acceptors (Lipinski definition) is 9. The van der Waals surface area contributed by atoms with Gasteiger partial charge in [0.15, 0.2) is 29.4 Å². The number of carbonyl (C=O) groups excluding carboxylic acids is 1. The van der Waals surface area contributed by atoms with E-state index in [1.807, 2.05) is 24.3 Å². The molecule has 4 rings (SSSR count). The number of nitrogens with one attached hydrogen (secondary N) is 2. The molecule has 170 valence electrons. The molecule has 1 aliphatic rings. The van der Waals surface area contributed by atoms with Crippen LogP contribution in [0.2, 0.25) is 5.28 Å². The van der Waals surface area contributed by atoms with Crippen LogP contribution in [-0.4, -0.2) is 65.3 Å². The van der Waals surface area contributed by atoms with Gasteiger partial charge in [-0.2, -0.15) is 9.97 Å². The highest BCUT2D eigenvalue weighted by Gasteiger charge is 2.47. The van der Waals surface area contributed by atoms with Crippen LogP contribution in [0.5, 0.6) is 0 Å². The first-order chi connectivity index (χ1) is 15.2. The van der Waals surface area contributed by atoms with E-state index in [-0.39, 0.29) is 10.9 Å². The average Bonchev–Trinajstić information content (AvgIpc) is 3.27. The number of anilines is 1. The highest BCUT2D eigenvalue weighted by molar-refractivity contribution is 14.1. The molecule has 0 saturated carbocycles. The molecule has 0 bridgehead atoms. The topological polar surface area (TPSA) is 155 Å². The molecule has 1 unspecified atom stereocenters. The van der Waals surface area contributed by atoms with Crippen LogP contribution >= 0.6 is 34.2 Å². The lowest BCUT2D eigenvalue weighted by Gasteiger charge is -2.21. The third kappa shape index (κ3) is 4.65. The number of halogens is 2. The summed E-state index contributed by atoms with van der Waals surface area (Å²) in [7, 11) is 0. The fourth-order valence-corrected chi connectivity index (χ4v) is 4.27.